The number of aliphatic carboxylic acids is 1. The topological polar surface area (TPSA) is 37.3 Å². The Morgan fingerprint density at radius 2 is 2.42 bits per heavy atom. The van der Waals surface area contributed by atoms with Gasteiger partial charge >= 0.3 is 5.97 Å². The molecule has 1 aliphatic rings. The lowest BCUT2D eigenvalue weighted by Gasteiger charge is -2.07. The zero-order valence-electron chi connectivity index (χ0n) is 6.66. The van der Waals surface area contributed by atoms with Gasteiger partial charge in [0.2, 0.25) is 6.17 Å². The van der Waals surface area contributed by atoms with Gasteiger partial charge in [0.25, 0.3) is 0 Å². The molecule has 0 saturated carbocycles. The monoisotopic (exact) mass is 170 g/mol. The molecular formula is C9H11FO2. The van der Waals surface area contributed by atoms with E-state index in [4.69, 9.17) is 5.11 Å². The van der Waals surface area contributed by atoms with E-state index >= 15 is 0 Å². The maximum Gasteiger partial charge on any atom is 0.338 e. The maximum absolute atomic E-state index is 12.6. The number of carbonyl (C=O) groups is 1. The Morgan fingerprint density at radius 3 is 2.92 bits per heavy atom. The summed E-state index contributed by atoms with van der Waals surface area (Å²) in [4.78, 5) is 10.1. The fraction of sp³-hybridized carbons (Fsp3) is 0.444. The second-order valence-electron chi connectivity index (χ2n) is 2.77. The van der Waals surface area contributed by atoms with Crippen LogP contribution in [0.3, 0.4) is 0 Å². The molecule has 1 N–H and O–H groups in total. The van der Waals surface area contributed by atoms with Crippen molar-refractivity contribution < 1.29 is 14.3 Å². The van der Waals surface area contributed by atoms with Crippen LogP contribution in [0.15, 0.2) is 23.8 Å². The molecule has 0 fully saturated rings. The van der Waals surface area contributed by atoms with E-state index in [0.717, 1.165) is 18.4 Å². The first-order valence-electron chi connectivity index (χ1n) is 3.92. The third-order valence-corrected chi connectivity index (χ3v) is 1.75. The highest BCUT2D eigenvalue weighted by Gasteiger charge is 2.16. The third-order valence-electron chi connectivity index (χ3n) is 1.75. The Morgan fingerprint density at radius 1 is 1.67 bits per heavy atom. The number of rotatable bonds is 3. The van der Waals surface area contributed by atoms with Gasteiger partial charge in [-0.2, -0.15) is 0 Å². The minimum absolute atomic E-state index is 0.00810. The predicted molar refractivity (Wildman–Crippen MR) is 43.6 cm³/mol. The number of carboxylic acid groups (broad SMARTS) is 1. The first-order valence-corrected chi connectivity index (χ1v) is 3.92. The SMILES string of the molecule is O=C(O)C(F)CC1=CCCC=C1. The van der Waals surface area contributed by atoms with Crippen molar-refractivity contribution in [1.29, 1.82) is 0 Å². The van der Waals surface area contributed by atoms with Gasteiger partial charge in [-0.1, -0.05) is 18.2 Å². The van der Waals surface area contributed by atoms with Crippen LogP contribution in [0.2, 0.25) is 0 Å². The van der Waals surface area contributed by atoms with Gasteiger partial charge in [-0.25, -0.2) is 9.18 Å². The molecule has 3 heteroatoms. The number of carboxylic acids is 1. The second kappa shape index (κ2) is 4.04. The van der Waals surface area contributed by atoms with E-state index in [0.29, 0.717) is 0 Å². The van der Waals surface area contributed by atoms with Gasteiger partial charge in [-0.05, 0) is 18.4 Å². The Labute approximate surface area is 70.4 Å². The lowest BCUT2D eigenvalue weighted by atomic mass is 10.0. The van der Waals surface area contributed by atoms with Gasteiger partial charge in [0.1, 0.15) is 0 Å². The highest BCUT2D eigenvalue weighted by atomic mass is 19.1. The molecule has 0 heterocycles. The van der Waals surface area contributed by atoms with Gasteiger partial charge in [-0.15, -0.1) is 0 Å². The van der Waals surface area contributed by atoms with Crippen molar-refractivity contribution in [3.63, 3.8) is 0 Å². The van der Waals surface area contributed by atoms with Gasteiger partial charge < -0.3 is 5.11 Å². The average Bonchev–Trinajstić information content (AvgIpc) is 2.06. The summed E-state index contributed by atoms with van der Waals surface area (Å²) in [5, 5.41) is 8.29. The summed E-state index contributed by atoms with van der Waals surface area (Å²) < 4.78 is 12.6. The molecule has 1 rings (SSSR count). The van der Waals surface area contributed by atoms with Gasteiger partial charge in [0.05, 0.1) is 0 Å². The smallest absolute Gasteiger partial charge is 0.338 e. The van der Waals surface area contributed by atoms with Gasteiger partial charge in [-0.3, -0.25) is 0 Å². The number of halogens is 1. The number of alkyl halides is 1. The summed E-state index contributed by atoms with van der Waals surface area (Å²) in [6.07, 6.45) is 5.69. The van der Waals surface area contributed by atoms with Crippen LogP contribution in [0.25, 0.3) is 0 Å². The van der Waals surface area contributed by atoms with E-state index in [1.165, 1.54) is 0 Å². The fourth-order valence-electron chi connectivity index (χ4n) is 1.11. The Balaban J connectivity index is 2.45. The molecule has 1 aliphatic carbocycles. The lowest BCUT2D eigenvalue weighted by molar-refractivity contribution is -0.142. The summed E-state index contributed by atoms with van der Waals surface area (Å²) in [6.45, 7) is 0. The van der Waals surface area contributed by atoms with Crippen LogP contribution >= 0.6 is 0 Å². The highest BCUT2D eigenvalue weighted by molar-refractivity contribution is 5.72. The number of hydrogen-bond donors (Lipinski definition) is 1. The molecule has 0 radical (unpaired) electrons. The number of hydrogen-bond acceptors (Lipinski definition) is 1. The molecule has 1 atom stereocenters. The Kier molecular flexibility index (Phi) is 3.02. The molecule has 0 aromatic carbocycles. The maximum atomic E-state index is 12.6. The molecule has 0 aliphatic heterocycles. The van der Waals surface area contributed by atoms with Crippen LogP contribution < -0.4 is 0 Å². The minimum atomic E-state index is -1.76. The molecule has 1 unspecified atom stereocenters. The van der Waals surface area contributed by atoms with Crippen molar-refractivity contribution in [3.05, 3.63) is 23.8 Å². The van der Waals surface area contributed by atoms with E-state index in [1.54, 1.807) is 6.08 Å². The first kappa shape index (κ1) is 8.97. The van der Waals surface area contributed by atoms with Crippen LogP contribution in [-0.2, 0) is 4.79 Å². The number of allylic oxidation sites excluding steroid dienone is 4. The second-order valence-corrected chi connectivity index (χ2v) is 2.77. The summed E-state index contributed by atoms with van der Waals surface area (Å²) in [5.41, 5.74) is 0.788. The lowest BCUT2D eigenvalue weighted by Crippen LogP contribution is -2.14. The molecule has 0 aromatic rings. The molecular weight excluding hydrogens is 159 g/mol. The highest BCUT2D eigenvalue weighted by Crippen LogP contribution is 2.16. The van der Waals surface area contributed by atoms with Crippen molar-refractivity contribution in [3.8, 4) is 0 Å². The van der Waals surface area contributed by atoms with E-state index in [9.17, 15) is 9.18 Å². The van der Waals surface area contributed by atoms with E-state index in [1.807, 2.05) is 12.2 Å². The largest absolute Gasteiger partial charge is 0.479 e. The minimum Gasteiger partial charge on any atom is -0.479 e. The predicted octanol–water partition coefficient (Wildman–Crippen LogP) is 2.08. The van der Waals surface area contributed by atoms with Crippen LogP contribution in [0.4, 0.5) is 4.39 Å². The van der Waals surface area contributed by atoms with Crippen LogP contribution in [0, 0.1) is 0 Å². The molecule has 2 nitrogen and oxygen atoms in total. The van der Waals surface area contributed by atoms with Crippen molar-refractivity contribution >= 4 is 5.97 Å². The Bertz CT molecular complexity index is 231. The molecule has 0 bridgehead atoms. The molecule has 0 spiro atoms. The van der Waals surface area contributed by atoms with E-state index < -0.39 is 12.1 Å². The quantitative estimate of drug-likeness (QED) is 0.704. The van der Waals surface area contributed by atoms with E-state index in [-0.39, 0.29) is 6.42 Å². The summed E-state index contributed by atoms with van der Waals surface area (Å²) in [6, 6.07) is 0. The molecule has 12 heavy (non-hydrogen) atoms. The van der Waals surface area contributed by atoms with Crippen LogP contribution in [-0.4, -0.2) is 17.2 Å². The molecule has 0 aromatic heterocycles. The van der Waals surface area contributed by atoms with Crippen molar-refractivity contribution in [1.82, 2.24) is 0 Å². The van der Waals surface area contributed by atoms with E-state index in [2.05, 4.69) is 0 Å². The summed E-state index contributed by atoms with van der Waals surface area (Å²) >= 11 is 0. The molecule has 0 saturated heterocycles. The third kappa shape index (κ3) is 2.49. The summed E-state index contributed by atoms with van der Waals surface area (Å²) in [5.74, 6) is -1.38. The standard InChI is InChI=1S/C9H11FO2/c10-8(9(11)12)6-7-4-2-1-3-5-7/h2,4-5,8H,1,3,6H2,(H,11,12). The van der Waals surface area contributed by atoms with Crippen molar-refractivity contribution in [2.45, 2.75) is 25.4 Å². The molecule has 66 valence electrons. The van der Waals surface area contributed by atoms with Gasteiger partial charge in [0.15, 0.2) is 0 Å². The normalized spacial score (nSPS) is 18.6. The zero-order valence-corrected chi connectivity index (χ0v) is 6.66. The van der Waals surface area contributed by atoms with Crippen LogP contribution in [0.1, 0.15) is 19.3 Å². The zero-order chi connectivity index (χ0) is 8.97. The van der Waals surface area contributed by atoms with Crippen molar-refractivity contribution in [2.75, 3.05) is 0 Å². The average molecular weight is 170 g/mol. The first-order chi connectivity index (χ1) is 5.70. The fourth-order valence-corrected chi connectivity index (χ4v) is 1.11. The summed E-state index contributed by atoms with van der Waals surface area (Å²) in [7, 11) is 0. The Hall–Kier alpha value is -1.12. The van der Waals surface area contributed by atoms with Crippen molar-refractivity contribution in [2.24, 2.45) is 0 Å². The van der Waals surface area contributed by atoms with Crippen LogP contribution in [0.5, 0.6) is 0 Å². The van der Waals surface area contributed by atoms with Gasteiger partial charge in [0, 0.05) is 6.42 Å². The molecule has 0 amide bonds.